The Morgan fingerprint density at radius 3 is 2.91 bits per heavy atom. The molecule has 0 N–H and O–H groups in total. The number of fused-ring (bicyclic) bond motifs is 1. The number of nitrogens with zero attached hydrogens (tertiary/aromatic N) is 4. The molecule has 0 amide bonds. The monoisotopic (exact) mass is 310 g/mol. The number of ether oxygens (including phenoxy) is 2. The Hall–Kier alpha value is -2.60. The first kappa shape index (κ1) is 14.0. The van der Waals surface area contributed by atoms with E-state index >= 15 is 0 Å². The quantitative estimate of drug-likeness (QED) is 0.742. The van der Waals surface area contributed by atoms with Gasteiger partial charge in [-0.2, -0.15) is 0 Å². The number of hydrogen-bond acceptors (Lipinski definition) is 5. The highest BCUT2D eigenvalue weighted by atomic mass is 16.5. The van der Waals surface area contributed by atoms with Gasteiger partial charge in [0.1, 0.15) is 11.3 Å². The Kier molecular flexibility index (Phi) is 3.59. The molecule has 1 aliphatic heterocycles. The first-order chi connectivity index (χ1) is 11.3. The van der Waals surface area contributed by atoms with Crippen molar-refractivity contribution in [2.24, 2.45) is 0 Å². The highest BCUT2D eigenvalue weighted by molar-refractivity contribution is 5.73. The summed E-state index contributed by atoms with van der Waals surface area (Å²) in [5.74, 6) is 1.77. The number of rotatable bonds is 3. The number of methoxy groups -OCH3 is 1. The third-order valence-electron chi connectivity index (χ3n) is 4.06. The van der Waals surface area contributed by atoms with E-state index in [1.807, 2.05) is 47.4 Å². The molecule has 0 spiro atoms. The molecule has 3 aromatic rings. The van der Waals surface area contributed by atoms with Gasteiger partial charge in [0.05, 0.1) is 38.5 Å². The third kappa shape index (κ3) is 2.61. The second-order valence-corrected chi connectivity index (χ2v) is 5.47. The summed E-state index contributed by atoms with van der Waals surface area (Å²) in [6.45, 7) is 3.14. The van der Waals surface area contributed by atoms with Crippen LogP contribution in [-0.4, -0.2) is 47.8 Å². The van der Waals surface area contributed by atoms with Gasteiger partial charge in [0.2, 0.25) is 0 Å². The van der Waals surface area contributed by atoms with Crippen LogP contribution in [0.15, 0.2) is 43.0 Å². The first-order valence-corrected chi connectivity index (χ1v) is 7.65. The fourth-order valence-corrected chi connectivity index (χ4v) is 2.84. The van der Waals surface area contributed by atoms with Crippen molar-refractivity contribution in [2.75, 3.05) is 38.3 Å². The molecule has 6 nitrogen and oxygen atoms in total. The summed E-state index contributed by atoms with van der Waals surface area (Å²) in [5, 5.41) is 0. The van der Waals surface area contributed by atoms with Gasteiger partial charge in [-0.1, -0.05) is 12.1 Å². The molecule has 4 rings (SSSR count). The fourth-order valence-electron chi connectivity index (χ4n) is 2.84. The molecule has 118 valence electrons. The summed E-state index contributed by atoms with van der Waals surface area (Å²) in [6, 6.07) is 7.94. The lowest BCUT2D eigenvalue weighted by Crippen LogP contribution is -2.37. The minimum absolute atomic E-state index is 0.728. The highest BCUT2D eigenvalue weighted by Crippen LogP contribution is 2.27. The predicted octanol–water partition coefficient (Wildman–Crippen LogP) is 2.24. The second kappa shape index (κ2) is 5.89. The largest absolute Gasteiger partial charge is 0.497 e. The molecular formula is C17H18N4O2. The van der Waals surface area contributed by atoms with Crippen molar-refractivity contribution in [1.29, 1.82) is 0 Å². The zero-order valence-electron chi connectivity index (χ0n) is 13.0. The van der Waals surface area contributed by atoms with Gasteiger partial charge in [-0.15, -0.1) is 0 Å². The maximum atomic E-state index is 5.45. The van der Waals surface area contributed by atoms with Crippen LogP contribution < -0.4 is 9.64 Å². The molecule has 0 bridgehead atoms. The molecule has 6 heteroatoms. The van der Waals surface area contributed by atoms with E-state index in [2.05, 4.69) is 9.88 Å². The standard InChI is InChI=1S/C17H18N4O2/c1-22-14-4-2-3-13(9-14)15-11-21-12-18-10-16(21)17(19-15)20-5-7-23-8-6-20/h2-4,9-12H,5-8H2,1H3. The van der Waals surface area contributed by atoms with Crippen molar-refractivity contribution in [3.8, 4) is 17.0 Å². The summed E-state index contributed by atoms with van der Waals surface area (Å²) in [7, 11) is 1.67. The van der Waals surface area contributed by atoms with Crippen molar-refractivity contribution in [2.45, 2.75) is 0 Å². The number of imidazole rings is 1. The van der Waals surface area contributed by atoms with Gasteiger partial charge < -0.3 is 18.8 Å². The maximum Gasteiger partial charge on any atom is 0.155 e. The number of aromatic nitrogens is 3. The van der Waals surface area contributed by atoms with E-state index < -0.39 is 0 Å². The van der Waals surface area contributed by atoms with Gasteiger partial charge in [-0.25, -0.2) is 9.97 Å². The number of morpholine rings is 1. The van der Waals surface area contributed by atoms with Crippen LogP contribution in [0.5, 0.6) is 5.75 Å². The lowest BCUT2D eigenvalue weighted by molar-refractivity contribution is 0.122. The molecule has 1 aromatic carbocycles. The summed E-state index contributed by atoms with van der Waals surface area (Å²) in [4.78, 5) is 11.4. The zero-order chi connectivity index (χ0) is 15.6. The van der Waals surface area contributed by atoms with Gasteiger partial charge in [0.25, 0.3) is 0 Å². The molecule has 23 heavy (non-hydrogen) atoms. The van der Waals surface area contributed by atoms with Gasteiger partial charge in [0, 0.05) is 24.8 Å². The SMILES string of the molecule is COc1cccc(-c2cn3cncc3c(N3CCOCC3)n2)c1. The summed E-state index contributed by atoms with van der Waals surface area (Å²) >= 11 is 0. The van der Waals surface area contributed by atoms with E-state index in [4.69, 9.17) is 14.5 Å². The molecule has 3 heterocycles. The number of benzene rings is 1. The molecule has 1 saturated heterocycles. The Labute approximate surface area is 134 Å². The van der Waals surface area contributed by atoms with Gasteiger partial charge in [-0.05, 0) is 12.1 Å². The van der Waals surface area contributed by atoms with Crippen LogP contribution in [0.2, 0.25) is 0 Å². The third-order valence-corrected chi connectivity index (χ3v) is 4.06. The molecule has 1 aliphatic rings. The van der Waals surface area contributed by atoms with Gasteiger partial charge in [-0.3, -0.25) is 0 Å². The van der Waals surface area contributed by atoms with Crippen LogP contribution in [0.25, 0.3) is 16.8 Å². The maximum absolute atomic E-state index is 5.45. The molecule has 0 saturated carbocycles. The lowest BCUT2D eigenvalue weighted by atomic mass is 10.1. The van der Waals surface area contributed by atoms with Crippen LogP contribution in [0.1, 0.15) is 0 Å². The smallest absolute Gasteiger partial charge is 0.155 e. The Bertz CT molecular complexity index is 824. The zero-order valence-corrected chi connectivity index (χ0v) is 13.0. The van der Waals surface area contributed by atoms with Crippen molar-refractivity contribution < 1.29 is 9.47 Å². The van der Waals surface area contributed by atoms with Gasteiger partial charge >= 0.3 is 0 Å². The Balaban J connectivity index is 1.83. The summed E-state index contributed by atoms with van der Waals surface area (Å²) in [5.41, 5.74) is 2.93. The minimum Gasteiger partial charge on any atom is -0.497 e. The highest BCUT2D eigenvalue weighted by Gasteiger charge is 2.17. The van der Waals surface area contributed by atoms with E-state index in [0.29, 0.717) is 0 Å². The van der Waals surface area contributed by atoms with Crippen LogP contribution >= 0.6 is 0 Å². The minimum atomic E-state index is 0.728. The van der Waals surface area contributed by atoms with Crippen LogP contribution in [0.3, 0.4) is 0 Å². The molecule has 0 radical (unpaired) electrons. The van der Waals surface area contributed by atoms with Crippen LogP contribution in [-0.2, 0) is 4.74 Å². The van der Waals surface area contributed by atoms with Crippen molar-refractivity contribution >= 4 is 11.3 Å². The molecule has 1 fully saturated rings. The first-order valence-electron chi connectivity index (χ1n) is 7.65. The summed E-state index contributed by atoms with van der Waals surface area (Å²) in [6.07, 6.45) is 5.67. The van der Waals surface area contributed by atoms with Crippen molar-refractivity contribution in [1.82, 2.24) is 14.4 Å². The Morgan fingerprint density at radius 1 is 1.22 bits per heavy atom. The summed E-state index contributed by atoms with van der Waals surface area (Å²) < 4.78 is 12.8. The normalized spacial score (nSPS) is 15.1. The van der Waals surface area contributed by atoms with E-state index in [0.717, 1.165) is 54.6 Å². The van der Waals surface area contributed by atoms with Crippen LogP contribution in [0, 0.1) is 0 Å². The van der Waals surface area contributed by atoms with Gasteiger partial charge in [0.15, 0.2) is 5.82 Å². The molecule has 0 unspecified atom stereocenters. The fraction of sp³-hybridized carbons (Fsp3) is 0.294. The second-order valence-electron chi connectivity index (χ2n) is 5.47. The molecule has 0 aliphatic carbocycles. The predicted molar refractivity (Wildman–Crippen MR) is 88.0 cm³/mol. The van der Waals surface area contributed by atoms with E-state index in [1.165, 1.54) is 0 Å². The number of hydrogen-bond donors (Lipinski definition) is 0. The number of anilines is 1. The molecule has 0 atom stereocenters. The molecule has 2 aromatic heterocycles. The van der Waals surface area contributed by atoms with Crippen molar-refractivity contribution in [3.05, 3.63) is 43.0 Å². The molecular weight excluding hydrogens is 292 g/mol. The van der Waals surface area contributed by atoms with Crippen LogP contribution in [0.4, 0.5) is 5.82 Å². The topological polar surface area (TPSA) is 51.9 Å². The van der Waals surface area contributed by atoms with E-state index in [9.17, 15) is 0 Å². The van der Waals surface area contributed by atoms with E-state index in [1.54, 1.807) is 7.11 Å². The van der Waals surface area contributed by atoms with E-state index in [-0.39, 0.29) is 0 Å². The average molecular weight is 310 g/mol. The lowest BCUT2D eigenvalue weighted by Gasteiger charge is -2.28. The average Bonchev–Trinajstić information content (AvgIpc) is 3.10. The Morgan fingerprint density at radius 2 is 2.09 bits per heavy atom. The van der Waals surface area contributed by atoms with Crippen molar-refractivity contribution in [3.63, 3.8) is 0 Å².